The van der Waals surface area contributed by atoms with Crippen LogP contribution in [0, 0.1) is 13.8 Å². The van der Waals surface area contributed by atoms with Crippen LogP contribution in [0.4, 0.5) is 18.9 Å². The number of carbonyl (C=O) groups is 1. The lowest BCUT2D eigenvalue weighted by molar-refractivity contribution is -0.139. The minimum atomic E-state index is -4.80. The van der Waals surface area contributed by atoms with Gasteiger partial charge in [0, 0.05) is 0 Å². The minimum Gasteiger partial charge on any atom is -0.476 e. The van der Waals surface area contributed by atoms with Gasteiger partial charge in [0.25, 0.3) is 0 Å². The molecule has 0 aliphatic heterocycles. The SMILES string of the molecule is Cc1noc(C)c1COc1nc(C(=O)O)c(N)cc1C(F)(F)F. The zero-order valence-corrected chi connectivity index (χ0v) is 12.1. The van der Waals surface area contributed by atoms with E-state index in [-0.39, 0.29) is 6.61 Å². The Morgan fingerprint density at radius 1 is 1.43 bits per heavy atom. The summed E-state index contributed by atoms with van der Waals surface area (Å²) in [4.78, 5) is 14.4. The normalized spacial score (nSPS) is 11.5. The molecule has 7 nitrogen and oxygen atoms in total. The number of aromatic nitrogens is 2. The van der Waals surface area contributed by atoms with E-state index in [4.69, 9.17) is 20.1 Å². The molecular weight excluding hydrogens is 319 g/mol. The average Bonchev–Trinajstić information content (AvgIpc) is 2.75. The van der Waals surface area contributed by atoms with Gasteiger partial charge in [-0.15, -0.1) is 0 Å². The van der Waals surface area contributed by atoms with Crippen molar-refractivity contribution in [2.24, 2.45) is 0 Å². The van der Waals surface area contributed by atoms with Gasteiger partial charge in [0.05, 0.1) is 16.9 Å². The van der Waals surface area contributed by atoms with Gasteiger partial charge in [-0.25, -0.2) is 9.78 Å². The van der Waals surface area contributed by atoms with Gasteiger partial charge in [-0.1, -0.05) is 5.16 Å². The van der Waals surface area contributed by atoms with Gasteiger partial charge < -0.3 is 20.1 Å². The second kappa shape index (κ2) is 5.78. The Bertz CT molecular complexity index is 736. The Hall–Kier alpha value is -2.78. The lowest BCUT2D eigenvalue weighted by atomic mass is 10.2. The molecule has 0 radical (unpaired) electrons. The summed E-state index contributed by atoms with van der Waals surface area (Å²) < 4.78 is 49.0. The molecule has 23 heavy (non-hydrogen) atoms. The third kappa shape index (κ3) is 3.35. The number of pyridine rings is 1. The molecule has 0 aliphatic carbocycles. The first kappa shape index (κ1) is 16.6. The Morgan fingerprint density at radius 3 is 2.57 bits per heavy atom. The Labute approximate surface area is 127 Å². The van der Waals surface area contributed by atoms with Crippen molar-refractivity contribution in [2.75, 3.05) is 5.73 Å². The summed E-state index contributed by atoms with van der Waals surface area (Å²) in [6.45, 7) is 2.86. The van der Waals surface area contributed by atoms with Crippen LogP contribution in [-0.2, 0) is 12.8 Å². The third-order valence-corrected chi connectivity index (χ3v) is 3.06. The third-order valence-electron chi connectivity index (χ3n) is 3.06. The zero-order valence-electron chi connectivity index (χ0n) is 12.1. The number of anilines is 1. The van der Waals surface area contributed by atoms with E-state index in [0.717, 1.165) is 0 Å². The van der Waals surface area contributed by atoms with Crippen molar-refractivity contribution in [3.8, 4) is 5.88 Å². The number of ether oxygens (including phenoxy) is 1. The molecule has 0 spiro atoms. The fourth-order valence-corrected chi connectivity index (χ4v) is 1.84. The van der Waals surface area contributed by atoms with Crippen molar-refractivity contribution in [1.29, 1.82) is 0 Å². The summed E-state index contributed by atoms with van der Waals surface area (Å²) in [5.74, 6) is -2.05. The van der Waals surface area contributed by atoms with Crippen LogP contribution in [0.15, 0.2) is 10.6 Å². The van der Waals surface area contributed by atoms with Gasteiger partial charge in [-0.05, 0) is 19.9 Å². The molecular formula is C13H12F3N3O4. The first-order valence-electron chi connectivity index (χ1n) is 6.26. The highest BCUT2D eigenvalue weighted by Gasteiger charge is 2.37. The fourth-order valence-electron chi connectivity index (χ4n) is 1.84. The topological polar surface area (TPSA) is 111 Å². The van der Waals surface area contributed by atoms with Gasteiger partial charge in [0.1, 0.15) is 17.9 Å². The maximum atomic E-state index is 13.0. The van der Waals surface area contributed by atoms with Crippen LogP contribution in [0.3, 0.4) is 0 Å². The highest BCUT2D eigenvalue weighted by Crippen LogP contribution is 2.37. The monoisotopic (exact) mass is 331 g/mol. The molecule has 2 aromatic heterocycles. The number of halogens is 3. The molecule has 2 aromatic rings. The molecule has 3 N–H and O–H groups in total. The number of hydrogen-bond donors (Lipinski definition) is 2. The standard InChI is InChI=1S/C13H12F3N3O4/c1-5-7(6(2)23-19-5)4-22-11-8(13(14,15)16)3-9(17)10(18-11)12(20)21/h3H,4,17H2,1-2H3,(H,20,21). The lowest BCUT2D eigenvalue weighted by Crippen LogP contribution is -2.15. The summed E-state index contributed by atoms with van der Waals surface area (Å²) >= 11 is 0. The molecule has 0 aliphatic rings. The number of carboxylic acid groups (broad SMARTS) is 1. The predicted molar refractivity (Wildman–Crippen MR) is 70.9 cm³/mol. The van der Waals surface area contributed by atoms with Crippen LogP contribution in [0.5, 0.6) is 5.88 Å². The molecule has 10 heteroatoms. The molecule has 124 valence electrons. The van der Waals surface area contributed by atoms with E-state index in [9.17, 15) is 18.0 Å². The van der Waals surface area contributed by atoms with Crippen molar-refractivity contribution in [3.63, 3.8) is 0 Å². The molecule has 0 aromatic carbocycles. The minimum absolute atomic E-state index is 0.305. The van der Waals surface area contributed by atoms with Gasteiger partial charge in [0.2, 0.25) is 5.88 Å². The zero-order chi connectivity index (χ0) is 17.4. The van der Waals surface area contributed by atoms with Crippen LogP contribution in [0.2, 0.25) is 0 Å². The highest BCUT2D eigenvalue weighted by atomic mass is 19.4. The Balaban J connectivity index is 2.43. The molecule has 0 saturated carbocycles. The van der Waals surface area contributed by atoms with Crippen molar-refractivity contribution in [1.82, 2.24) is 10.1 Å². The summed E-state index contributed by atoms with van der Waals surface area (Å²) in [5.41, 5.74) is 3.63. The van der Waals surface area contributed by atoms with Crippen LogP contribution >= 0.6 is 0 Å². The Morgan fingerprint density at radius 2 is 2.09 bits per heavy atom. The summed E-state index contributed by atoms with van der Waals surface area (Å²) in [7, 11) is 0. The molecule has 2 heterocycles. The molecule has 0 unspecified atom stereocenters. The fraction of sp³-hybridized carbons (Fsp3) is 0.308. The summed E-state index contributed by atoms with van der Waals surface area (Å²) in [5, 5.41) is 12.6. The van der Waals surface area contributed by atoms with E-state index in [1.54, 1.807) is 13.8 Å². The first-order valence-corrected chi connectivity index (χ1v) is 6.26. The second-order valence-corrected chi connectivity index (χ2v) is 4.67. The van der Waals surface area contributed by atoms with Crippen molar-refractivity contribution < 1.29 is 32.3 Å². The van der Waals surface area contributed by atoms with E-state index in [0.29, 0.717) is 23.1 Å². The van der Waals surface area contributed by atoms with Crippen molar-refractivity contribution >= 4 is 11.7 Å². The maximum Gasteiger partial charge on any atom is 0.421 e. The second-order valence-electron chi connectivity index (χ2n) is 4.67. The number of hydrogen-bond acceptors (Lipinski definition) is 6. The quantitative estimate of drug-likeness (QED) is 0.885. The van der Waals surface area contributed by atoms with Gasteiger partial charge >= 0.3 is 12.1 Å². The van der Waals surface area contributed by atoms with E-state index in [1.165, 1.54) is 0 Å². The number of aromatic carboxylic acids is 1. The molecule has 0 bridgehead atoms. The number of nitrogens with two attached hydrogens (primary N) is 1. The number of rotatable bonds is 4. The van der Waals surface area contributed by atoms with Crippen molar-refractivity contribution in [3.05, 3.63) is 34.3 Å². The maximum absolute atomic E-state index is 13.0. The Kier molecular flexibility index (Phi) is 4.17. The number of alkyl halides is 3. The van der Waals surface area contributed by atoms with Crippen LogP contribution in [0.1, 0.15) is 33.1 Å². The van der Waals surface area contributed by atoms with Gasteiger partial charge in [-0.2, -0.15) is 13.2 Å². The van der Waals surface area contributed by atoms with Crippen molar-refractivity contribution in [2.45, 2.75) is 26.6 Å². The van der Waals surface area contributed by atoms with E-state index >= 15 is 0 Å². The first-order chi connectivity index (χ1) is 10.6. The van der Waals surface area contributed by atoms with E-state index < -0.39 is 35.0 Å². The molecule has 0 amide bonds. The summed E-state index contributed by atoms with van der Waals surface area (Å²) in [6, 6.07) is 0.485. The van der Waals surface area contributed by atoms with Crippen LogP contribution in [0.25, 0.3) is 0 Å². The smallest absolute Gasteiger partial charge is 0.421 e. The summed E-state index contributed by atoms with van der Waals surface area (Å²) in [6.07, 6.45) is -4.80. The molecule has 0 saturated heterocycles. The highest BCUT2D eigenvalue weighted by molar-refractivity contribution is 5.91. The van der Waals surface area contributed by atoms with Gasteiger partial charge in [0.15, 0.2) is 5.69 Å². The van der Waals surface area contributed by atoms with Crippen LogP contribution < -0.4 is 10.5 Å². The average molecular weight is 331 g/mol. The lowest BCUT2D eigenvalue weighted by Gasteiger charge is -2.14. The molecule has 2 rings (SSSR count). The number of nitrogen functional groups attached to an aromatic ring is 1. The molecule has 0 fully saturated rings. The number of nitrogens with zero attached hydrogens (tertiary/aromatic N) is 2. The van der Waals surface area contributed by atoms with E-state index in [2.05, 4.69) is 10.1 Å². The predicted octanol–water partition coefficient (Wildman–Crippen LogP) is 2.56. The number of carboxylic acids is 1. The largest absolute Gasteiger partial charge is 0.476 e. The van der Waals surface area contributed by atoms with Gasteiger partial charge in [-0.3, -0.25) is 0 Å². The molecule has 0 atom stereocenters. The number of aryl methyl sites for hydroxylation is 2. The van der Waals surface area contributed by atoms with Crippen LogP contribution in [-0.4, -0.2) is 21.2 Å². The van der Waals surface area contributed by atoms with E-state index in [1.807, 2.05) is 0 Å².